The zero-order valence-electron chi connectivity index (χ0n) is 12.7. The lowest BCUT2D eigenvalue weighted by Gasteiger charge is -2.07. The maximum atomic E-state index is 9.74. The number of benzene rings is 1. The number of nitrogens with zero attached hydrogens (tertiary/aromatic N) is 1. The Kier molecular flexibility index (Phi) is 7.78. The van der Waals surface area contributed by atoms with E-state index in [2.05, 4.69) is 12.1 Å². The first-order valence-electron chi connectivity index (χ1n) is 7.70. The summed E-state index contributed by atoms with van der Waals surface area (Å²) in [4.78, 5) is 0. The SMILES string of the molecule is CCCCCCCCCc1ccc(O)c(/C(C)=N/O)c1. The van der Waals surface area contributed by atoms with Gasteiger partial charge >= 0.3 is 0 Å². The van der Waals surface area contributed by atoms with Crippen LogP contribution in [0.1, 0.15) is 69.9 Å². The second-order valence-electron chi connectivity index (χ2n) is 5.41. The lowest BCUT2D eigenvalue weighted by Crippen LogP contribution is -1.97. The standard InChI is InChI=1S/C17H27NO2/c1-3-4-5-6-7-8-9-10-15-11-12-17(19)16(13-15)14(2)18-20/h11-13,19-20H,3-10H2,1-2H3/b18-14+. The minimum Gasteiger partial charge on any atom is -0.507 e. The Bertz CT molecular complexity index is 427. The summed E-state index contributed by atoms with van der Waals surface area (Å²) in [5.74, 6) is 0.170. The molecule has 20 heavy (non-hydrogen) atoms. The number of phenolic OH excluding ortho intramolecular Hbond substituents is 1. The average molecular weight is 277 g/mol. The van der Waals surface area contributed by atoms with Crippen LogP contribution in [-0.2, 0) is 6.42 Å². The van der Waals surface area contributed by atoms with Crippen LogP contribution in [0.2, 0.25) is 0 Å². The lowest BCUT2D eigenvalue weighted by molar-refractivity contribution is 0.318. The molecule has 0 radical (unpaired) electrons. The highest BCUT2D eigenvalue weighted by molar-refractivity contribution is 6.00. The molecule has 1 aromatic rings. The molecular weight excluding hydrogens is 250 g/mol. The summed E-state index contributed by atoms with van der Waals surface area (Å²) in [7, 11) is 0. The Morgan fingerprint density at radius 2 is 1.70 bits per heavy atom. The minimum absolute atomic E-state index is 0.170. The van der Waals surface area contributed by atoms with Crippen molar-refractivity contribution < 1.29 is 10.3 Å². The van der Waals surface area contributed by atoms with Crippen LogP contribution in [0.4, 0.5) is 0 Å². The van der Waals surface area contributed by atoms with Crippen molar-refractivity contribution in [3.05, 3.63) is 29.3 Å². The molecule has 0 aromatic heterocycles. The van der Waals surface area contributed by atoms with E-state index >= 15 is 0 Å². The number of oxime groups is 1. The first-order valence-corrected chi connectivity index (χ1v) is 7.70. The van der Waals surface area contributed by atoms with Gasteiger partial charge in [-0.05, 0) is 37.5 Å². The molecule has 0 amide bonds. The Balaban J connectivity index is 2.37. The van der Waals surface area contributed by atoms with Gasteiger partial charge in [-0.2, -0.15) is 0 Å². The Labute approximate surface area is 122 Å². The normalized spacial score (nSPS) is 11.8. The Morgan fingerprint density at radius 3 is 2.35 bits per heavy atom. The van der Waals surface area contributed by atoms with Gasteiger partial charge in [-0.15, -0.1) is 0 Å². The fraction of sp³-hybridized carbons (Fsp3) is 0.588. The smallest absolute Gasteiger partial charge is 0.124 e. The molecule has 0 aliphatic carbocycles. The third-order valence-corrected chi connectivity index (χ3v) is 3.67. The maximum absolute atomic E-state index is 9.74. The molecule has 0 atom stereocenters. The van der Waals surface area contributed by atoms with Crippen molar-refractivity contribution >= 4 is 5.71 Å². The van der Waals surface area contributed by atoms with E-state index in [1.165, 1.54) is 50.5 Å². The maximum Gasteiger partial charge on any atom is 0.124 e. The number of aryl methyl sites for hydroxylation is 1. The molecule has 1 aromatic carbocycles. The van der Waals surface area contributed by atoms with Crippen molar-refractivity contribution in [1.82, 2.24) is 0 Å². The zero-order chi connectivity index (χ0) is 14.8. The minimum atomic E-state index is 0.170. The van der Waals surface area contributed by atoms with Crippen LogP contribution in [-0.4, -0.2) is 16.0 Å². The lowest BCUT2D eigenvalue weighted by atomic mass is 10.0. The van der Waals surface area contributed by atoms with E-state index in [0.29, 0.717) is 11.3 Å². The van der Waals surface area contributed by atoms with Crippen molar-refractivity contribution in [1.29, 1.82) is 0 Å². The number of rotatable bonds is 9. The fourth-order valence-corrected chi connectivity index (χ4v) is 2.37. The van der Waals surface area contributed by atoms with Crippen molar-refractivity contribution in [3.8, 4) is 5.75 Å². The largest absolute Gasteiger partial charge is 0.507 e. The fourth-order valence-electron chi connectivity index (χ4n) is 2.37. The van der Waals surface area contributed by atoms with Gasteiger partial charge in [0.05, 0.1) is 5.71 Å². The predicted molar refractivity (Wildman–Crippen MR) is 83.8 cm³/mol. The molecule has 0 bridgehead atoms. The number of phenols is 1. The van der Waals surface area contributed by atoms with Gasteiger partial charge in [0, 0.05) is 5.56 Å². The number of aromatic hydroxyl groups is 1. The summed E-state index contributed by atoms with van der Waals surface area (Å²) in [5, 5.41) is 21.7. The first-order chi connectivity index (χ1) is 9.69. The Morgan fingerprint density at radius 1 is 1.05 bits per heavy atom. The number of unbranched alkanes of at least 4 members (excludes halogenated alkanes) is 6. The monoisotopic (exact) mass is 277 g/mol. The molecule has 0 aliphatic heterocycles. The van der Waals surface area contributed by atoms with Gasteiger partial charge in [-0.25, -0.2) is 0 Å². The summed E-state index contributed by atoms with van der Waals surface area (Å²) in [6.45, 7) is 3.92. The van der Waals surface area contributed by atoms with Gasteiger partial charge in [0.15, 0.2) is 0 Å². The van der Waals surface area contributed by atoms with E-state index < -0.39 is 0 Å². The first kappa shape index (κ1) is 16.5. The van der Waals surface area contributed by atoms with Crippen LogP contribution in [0.15, 0.2) is 23.4 Å². The summed E-state index contributed by atoms with van der Waals surface area (Å²) in [6.07, 6.45) is 10.1. The number of hydrogen-bond acceptors (Lipinski definition) is 3. The van der Waals surface area contributed by atoms with Gasteiger partial charge in [0.25, 0.3) is 0 Å². The van der Waals surface area contributed by atoms with E-state index in [4.69, 9.17) is 5.21 Å². The molecule has 1 rings (SSSR count). The van der Waals surface area contributed by atoms with E-state index in [1.54, 1.807) is 13.0 Å². The molecule has 2 N–H and O–H groups in total. The van der Waals surface area contributed by atoms with Gasteiger partial charge < -0.3 is 10.3 Å². The van der Waals surface area contributed by atoms with Gasteiger partial charge in [-0.3, -0.25) is 0 Å². The highest BCUT2D eigenvalue weighted by Crippen LogP contribution is 2.21. The van der Waals surface area contributed by atoms with Crippen molar-refractivity contribution in [2.75, 3.05) is 0 Å². The average Bonchev–Trinajstić information content (AvgIpc) is 2.47. The molecule has 0 heterocycles. The van der Waals surface area contributed by atoms with E-state index in [1.807, 2.05) is 12.1 Å². The Hall–Kier alpha value is -1.51. The van der Waals surface area contributed by atoms with Crippen LogP contribution in [0, 0.1) is 0 Å². The molecule has 0 saturated carbocycles. The van der Waals surface area contributed by atoms with E-state index in [0.717, 1.165) is 6.42 Å². The molecular formula is C17H27NO2. The number of hydrogen-bond donors (Lipinski definition) is 2. The summed E-state index contributed by atoms with van der Waals surface area (Å²) >= 11 is 0. The third-order valence-electron chi connectivity index (χ3n) is 3.67. The van der Waals surface area contributed by atoms with Crippen molar-refractivity contribution in [3.63, 3.8) is 0 Å². The molecule has 0 saturated heterocycles. The van der Waals surface area contributed by atoms with Crippen LogP contribution >= 0.6 is 0 Å². The molecule has 3 nitrogen and oxygen atoms in total. The second kappa shape index (κ2) is 9.40. The van der Waals surface area contributed by atoms with E-state index in [-0.39, 0.29) is 5.75 Å². The molecule has 0 spiro atoms. The van der Waals surface area contributed by atoms with Gasteiger partial charge in [0.2, 0.25) is 0 Å². The van der Waals surface area contributed by atoms with Gasteiger partial charge in [-0.1, -0.05) is 56.7 Å². The molecule has 112 valence electrons. The quantitative estimate of drug-likeness (QED) is 0.292. The van der Waals surface area contributed by atoms with Gasteiger partial charge in [0.1, 0.15) is 5.75 Å². The van der Waals surface area contributed by atoms with Crippen LogP contribution in [0.25, 0.3) is 0 Å². The summed E-state index contributed by atoms with van der Waals surface area (Å²) < 4.78 is 0. The molecule has 0 fully saturated rings. The molecule has 0 unspecified atom stereocenters. The van der Waals surface area contributed by atoms with E-state index in [9.17, 15) is 5.11 Å². The zero-order valence-corrected chi connectivity index (χ0v) is 12.7. The van der Waals surface area contributed by atoms with Crippen LogP contribution in [0.3, 0.4) is 0 Å². The van der Waals surface area contributed by atoms with Crippen LogP contribution in [0.5, 0.6) is 5.75 Å². The third kappa shape index (κ3) is 5.64. The molecule has 3 heteroatoms. The summed E-state index contributed by atoms with van der Waals surface area (Å²) in [6, 6.07) is 5.54. The topological polar surface area (TPSA) is 52.8 Å². The van der Waals surface area contributed by atoms with Crippen LogP contribution < -0.4 is 0 Å². The highest BCUT2D eigenvalue weighted by atomic mass is 16.4. The van der Waals surface area contributed by atoms with Crippen molar-refractivity contribution in [2.24, 2.45) is 5.16 Å². The summed E-state index contributed by atoms with van der Waals surface area (Å²) in [5.41, 5.74) is 2.26. The predicted octanol–water partition coefficient (Wildman–Crippen LogP) is 4.88. The second-order valence-corrected chi connectivity index (χ2v) is 5.41. The molecule has 0 aliphatic rings. The highest BCUT2D eigenvalue weighted by Gasteiger charge is 2.06. The van der Waals surface area contributed by atoms with Crippen molar-refractivity contribution in [2.45, 2.75) is 65.2 Å².